The van der Waals surface area contributed by atoms with Gasteiger partial charge >= 0.3 is 0 Å². The summed E-state index contributed by atoms with van der Waals surface area (Å²) in [6, 6.07) is 0.768. The molecule has 2 heteroatoms. The summed E-state index contributed by atoms with van der Waals surface area (Å²) in [7, 11) is 4.52. The van der Waals surface area contributed by atoms with Crippen LogP contribution in [0.1, 0.15) is 20.3 Å². The lowest BCUT2D eigenvalue weighted by atomic mass is 10.3. The second kappa shape index (κ2) is 2.89. The maximum Gasteiger partial charge on any atom is 0.143 e. The van der Waals surface area contributed by atoms with Crippen LogP contribution in [0.25, 0.3) is 0 Å². The molecule has 60 valence electrons. The molecule has 0 spiro atoms. The highest BCUT2D eigenvalue weighted by Crippen LogP contribution is 2.04. The van der Waals surface area contributed by atoms with Gasteiger partial charge in [-0.25, -0.2) is 4.90 Å². The van der Waals surface area contributed by atoms with Crippen LogP contribution < -0.4 is 4.90 Å². The predicted molar refractivity (Wildman–Crippen MR) is 43.1 cm³/mol. The average Bonchev–Trinajstić information content (AvgIpc) is 2.09. The SMILES string of the molecule is CCC1N(C)C(C)C[NH+]1C. The second-order valence-corrected chi connectivity index (χ2v) is 3.49. The number of nitrogens with one attached hydrogen (secondary N) is 1. The van der Waals surface area contributed by atoms with Gasteiger partial charge in [0, 0.05) is 6.42 Å². The maximum atomic E-state index is 2.48. The van der Waals surface area contributed by atoms with Gasteiger partial charge < -0.3 is 4.90 Å². The molecule has 0 bridgehead atoms. The molecule has 1 N–H and O–H groups in total. The normalized spacial score (nSPS) is 42.6. The first kappa shape index (κ1) is 8.02. The van der Waals surface area contributed by atoms with Crippen molar-refractivity contribution < 1.29 is 4.90 Å². The molecule has 1 rings (SSSR count). The third kappa shape index (κ3) is 1.18. The summed E-state index contributed by atoms with van der Waals surface area (Å²) in [6.45, 7) is 5.87. The van der Waals surface area contributed by atoms with Crippen LogP contribution in [0.4, 0.5) is 0 Å². The van der Waals surface area contributed by atoms with Crippen LogP contribution in [0.5, 0.6) is 0 Å². The van der Waals surface area contributed by atoms with Gasteiger partial charge in [0.05, 0.1) is 19.6 Å². The molecule has 3 unspecified atom stereocenters. The Bertz CT molecular complexity index is 114. The summed E-state index contributed by atoms with van der Waals surface area (Å²) in [5, 5.41) is 0. The minimum Gasteiger partial charge on any atom is -0.321 e. The number of hydrogen-bond donors (Lipinski definition) is 1. The summed E-state index contributed by atoms with van der Waals surface area (Å²) in [5.41, 5.74) is 0. The summed E-state index contributed by atoms with van der Waals surface area (Å²) in [6.07, 6.45) is 2.03. The molecule has 1 aliphatic heterocycles. The lowest BCUT2D eigenvalue weighted by molar-refractivity contribution is -0.898. The fraction of sp³-hybridized carbons (Fsp3) is 1.00. The molecule has 1 aliphatic rings. The average molecular weight is 143 g/mol. The Morgan fingerprint density at radius 3 is 2.40 bits per heavy atom. The Morgan fingerprint density at radius 2 is 2.20 bits per heavy atom. The van der Waals surface area contributed by atoms with E-state index in [1.807, 2.05) is 0 Å². The molecule has 0 radical (unpaired) electrons. The van der Waals surface area contributed by atoms with E-state index in [9.17, 15) is 0 Å². The Morgan fingerprint density at radius 1 is 1.60 bits per heavy atom. The molecule has 0 aromatic heterocycles. The summed E-state index contributed by atoms with van der Waals surface area (Å²) < 4.78 is 0. The van der Waals surface area contributed by atoms with Gasteiger partial charge in [0.25, 0.3) is 0 Å². The molecular formula is C8H19N2+. The summed E-state index contributed by atoms with van der Waals surface area (Å²) in [4.78, 5) is 4.15. The Balaban J connectivity index is 2.55. The molecule has 0 aliphatic carbocycles. The molecular weight excluding hydrogens is 124 g/mol. The standard InChI is InChI=1S/C8H18N2/c1-5-8-9(3)6-7(2)10(8)4/h7-8H,5-6H2,1-4H3/p+1. The van der Waals surface area contributed by atoms with Crippen LogP contribution in [0.3, 0.4) is 0 Å². The molecule has 0 aromatic rings. The van der Waals surface area contributed by atoms with E-state index in [0.717, 1.165) is 12.2 Å². The highest BCUT2D eigenvalue weighted by atomic mass is 15.4. The first-order chi connectivity index (χ1) is 4.66. The van der Waals surface area contributed by atoms with E-state index in [1.165, 1.54) is 13.0 Å². The monoisotopic (exact) mass is 143 g/mol. The van der Waals surface area contributed by atoms with Crippen LogP contribution in [-0.2, 0) is 0 Å². The van der Waals surface area contributed by atoms with Gasteiger partial charge in [0.2, 0.25) is 0 Å². The quantitative estimate of drug-likeness (QED) is 0.523. The van der Waals surface area contributed by atoms with E-state index in [2.05, 4.69) is 32.8 Å². The summed E-state index contributed by atoms with van der Waals surface area (Å²) >= 11 is 0. The van der Waals surface area contributed by atoms with Crippen LogP contribution in [-0.4, -0.2) is 37.7 Å². The predicted octanol–water partition coefficient (Wildman–Crippen LogP) is -0.429. The van der Waals surface area contributed by atoms with Crippen molar-refractivity contribution in [2.24, 2.45) is 0 Å². The first-order valence-corrected chi connectivity index (χ1v) is 4.21. The first-order valence-electron chi connectivity index (χ1n) is 4.21. The highest BCUT2D eigenvalue weighted by Gasteiger charge is 2.34. The van der Waals surface area contributed by atoms with E-state index in [-0.39, 0.29) is 0 Å². The molecule has 3 atom stereocenters. The topological polar surface area (TPSA) is 7.68 Å². The number of hydrogen-bond acceptors (Lipinski definition) is 1. The van der Waals surface area contributed by atoms with E-state index < -0.39 is 0 Å². The highest BCUT2D eigenvalue weighted by molar-refractivity contribution is 4.69. The van der Waals surface area contributed by atoms with Gasteiger partial charge in [-0.3, -0.25) is 0 Å². The Labute approximate surface area is 63.8 Å². The van der Waals surface area contributed by atoms with Crippen LogP contribution >= 0.6 is 0 Å². The Hall–Kier alpha value is -0.0800. The minimum atomic E-state index is 0.759. The fourth-order valence-corrected chi connectivity index (χ4v) is 2.04. The molecule has 0 aromatic carbocycles. The zero-order valence-electron chi connectivity index (χ0n) is 7.52. The van der Waals surface area contributed by atoms with Gasteiger partial charge in [-0.2, -0.15) is 0 Å². The summed E-state index contributed by atoms with van der Waals surface area (Å²) in [5.74, 6) is 0. The van der Waals surface area contributed by atoms with E-state index in [0.29, 0.717) is 0 Å². The molecule has 1 fully saturated rings. The molecule has 1 saturated heterocycles. The maximum absolute atomic E-state index is 2.48. The second-order valence-electron chi connectivity index (χ2n) is 3.49. The third-order valence-corrected chi connectivity index (χ3v) is 2.76. The molecule has 10 heavy (non-hydrogen) atoms. The lowest BCUT2D eigenvalue weighted by Crippen LogP contribution is -3.11. The van der Waals surface area contributed by atoms with E-state index >= 15 is 0 Å². The number of rotatable bonds is 1. The van der Waals surface area contributed by atoms with E-state index in [4.69, 9.17) is 0 Å². The van der Waals surface area contributed by atoms with Crippen molar-refractivity contribution in [1.29, 1.82) is 0 Å². The van der Waals surface area contributed by atoms with Gasteiger partial charge in [0.1, 0.15) is 6.17 Å². The molecule has 0 amide bonds. The largest absolute Gasteiger partial charge is 0.321 e. The lowest BCUT2D eigenvalue weighted by Gasteiger charge is -2.20. The van der Waals surface area contributed by atoms with Gasteiger partial charge in [-0.05, 0) is 14.0 Å². The third-order valence-electron chi connectivity index (χ3n) is 2.76. The van der Waals surface area contributed by atoms with Crippen molar-refractivity contribution in [2.75, 3.05) is 20.6 Å². The minimum absolute atomic E-state index is 0.759. The van der Waals surface area contributed by atoms with E-state index in [1.54, 1.807) is 4.90 Å². The number of likely N-dealkylation sites (N-methyl/N-ethyl adjacent to an activating group) is 2. The van der Waals surface area contributed by atoms with Gasteiger partial charge in [-0.15, -0.1) is 0 Å². The molecule has 2 nitrogen and oxygen atoms in total. The van der Waals surface area contributed by atoms with Crippen LogP contribution in [0.15, 0.2) is 0 Å². The molecule has 0 saturated carbocycles. The fourth-order valence-electron chi connectivity index (χ4n) is 2.04. The zero-order valence-corrected chi connectivity index (χ0v) is 7.52. The van der Waals surface area contributed by atoms with Crippen molar-refractivity contribution in [3.63, 3.8) is 0 Å². The number of quaternary nitrogens is 1. The van der Waals surface area contributed by atoms with Crippen molar-refractivity contribution in [2.45, 2.75) is 32.5 Å². The smallest absolute Gasteiger partial charge is 0.143 e. The van der Waals surface area contributed by atoms with Crippen LogP contribution in [0.2, 0.25) is 0 Å². The zero-order chi connectivity index (χ0) is 7.72. The van der Waals surface area contributed by atoms with Crippen molar-refractivity contribution in [1.82, 2.24) is 4.90 Å². The van der Waals surface area contributed by atoms with Gasteiger partial charge in [0.15, 0.2) is 0 Å². The number of nitrogens with zero attached hydrogens (tertiary/aromatic N) is 1. The molecule has 1 heterocycles. The van der Waals surface area contributed by atoms with Crippen molar-refractivity contribution in [3.05, 3.63) is 0 Å². The van der Waals surface area contributed by atoms with Crippen molar-refractivity contribution >= 4 is 0 Å². The van der Waals surface area contributed by atoms with Crippen LogP contribution in [0, 0.1) is 0 Å². The Kier molecular flexibility index (Phi) is 2.32. The van der Waals surface area contributed by atoms with Gasteiger partial charge in [-0.1, -0.05) is 6.92 Å². The van der Waals surface area contributed by atoms with Crippen molar-refractivity contribution in [3.8, 4) is 0 Å².